The van der Waals surface area contributed by atoms with E-state index < -0.39 is 5.41 Å². The van der Waals surface area contributed by atoms with E-state index in [4.69, 9.17) is 4.74 Å². The molecule has 0 saturated carbocycles. The molecule has 0 radical (unpaired) electrons. The molecule has 0 bridgehead atoms. The Morgan fingerprint density at radius 2 is 1.58 bits per heavy atom. The molecule has 1 atom stereocenters. The predicted molar refractivity (Wildman–Crippen MR) is 128 cm³/mol. The predicted octanol–water partition coefficient (Wildman–Crippen LogP) is 6.29. The monoisotopic (exact) mass is 425 g/mol. The zero-order chi connectivity index (χ0) is 23.3. The van der Waals surface area contributed by atoms with Crippen LogP contribution in [0, 0.1) is 12.3 Å². The minimum Gasteiger partial charge on any atom is -0.508 e. The summed E-state index contributed by atoms with van der Waals surface area (Å²) in [5, 5.41) is 10.5. The fourth-order valence-corrected chi connectivity index (χ4v) is 4.02. The van der Waals surface area contributed by atoms with E-state index in [9.17, 15) is 9.90 Å². The van der Waals surface area contributed by atoms with Gasteiger partial charge in [0, 0.05) is 23.6 Å². The first-order valence-corrected chi connectivity index (χ1v) is 11.3. The van der Waals surface area contributed by atoms with Crippen molar-refractivity contribution in [3.63, 3.8) is 0 Å². The second kappa shape index (κ2) is 10.3. The van der Waals surface area contributed by atoms with Crippen molar-refractivity contribution in [2.75, 3.05) is 6.54 Å². The first kappa shape index (κ1) is 24.9. The number of hydrogen-bond acceptors (Lipinski definition) is 4. The van der Waals surface area contributed by atoms with Gasteiger partial charge in [-0.2, -0.15) is 0 Å². The standard InChI is InChI=1S/C27H39NO3/c1-18(2)28(19(3)4)17-16-22(21-12-10-9-11-13-21)25-20(5)23(29)14-15-24(25)31-26(30)27(6,7)8/h9-15,18-19,22,29H,16-17H2,1-8H3. The topological polar surface area (TPSA) is 49.8 Å². The number of carbonyl (C=O) groups is 1. The van der Waals surface area contributed by atoms with Gasteiger partial charge in [0.2, 0.25) is 0 Å². The lowest BCUT2D eigenvalue weighted by Crippen LogP contribution is -2.38. The Morgan fingerprint density at radius 1 is 1.00 bits per heavy atom. The number of hydrogen-bond donors (Lipinski definition) is 1. The maximum Gasteiger partial charge on any atom is 0.316 e. The fourth-order valence-electron chi connectivity index (χ4n) is 4.02. The third-order valence-corrected chi connectivity index (χ3v) is 5.81. The summed E-state index contributed by atoms with van der Waals surface area (Å²) in [6.07, 6.45) is 0.852. The molecule has 1 unspecified atom stereocenters. The van der Waals surface area contributed by atoms with Gasteiger partial charge in [-0.25, -0.2) is 0 Å². The number of phenolic OH excluding ortho intramolecular Hbond substituents is 1. The van der Waals surface area contributed by atoms with Gasteiger partial charge in [0.15, 0.2) is 0 Å². The molecule has 4 heteroatoms. The lowest BCUT2D eigenvalue weighted by Gasteiger charge is -2.33. The Bertz CT molecular complexity index is 858. The minimum atomic E-state index is -0.614. The van der Waals surface area contributed by atoms with Crippen LogP contribution >= 0.6 is 0 Å². The number of carbonyl (C=O) groups excluding carboxylic acids is 1. The first-order valence-electron chi connectivity index (χ1n) is 11.3. The van der Waals surface area contributed by atoms with Gasteiger partial charge in [-0.15, -0.1) is 0 Å². The van der Waals surface area contributed by atoms with Crippen molar-refractivity contribution >= 4 is 5.97 Å². The highest BCUT2D eigenvalue weighted by Gasteiger charge is 2.29. The van der Waals surface area contributed by atoms with Gasteiger partial charge in [-0.3, -0.25) is 9.69 Å². The molecule has 4 nitrogen and oxygen atoms in total. The van der Waals surface area contributed by atoms with Gasteiger partial charge in [0.25, 0.3) is 0 Å². The molecule has 0 amide bonds. The van der Waals surface area contributed by atoms with Crippen LogP contribution in [0.5, 0.6) is 11.5 Å². The van der Waals surface area contributed by atoms with E-state index in [1.807, 2.05) is 45.9 Å². The lowest BCUT2D eigenvalue weighted by atomic mass is 9.84. The van der Waals surface area contributed by atoms with E-state index in [1.165, 1.54) is 0 Å². The summed E-state index contributed by atoms with van der Waals surface area (Å²) in [5.41, 5.74) is 2.18. The van der Waals surface area contributed by atoms with Crippen molar-refractivity contribution in [2.24, 2.45) is 5.41 Å². The van der Waals surface area contributed by atoms with Crippen LogP contribution in [-0.2, 0) is 4.79 Å². The Kier molecular flexibility index (Phi) is 8.30. The molecule has 2 rings (SSSR count). The summed E-state index contributed by atoms with van der Waals surface area (Å²) >= 11 is 0. The van der Waals surface area contributed by atoms with Crippen LogP contribution in [-0.4, -0.2) is 34.6 Å². The molecule has 0 heterocycles. The maximum atomic E-state index is 12.7. The minimum absolute atomic E-state index is 0.00364. The lowest BCUT2D eigenvalue weighted by molar-refractivity contribution is -0.143. The van der Waals surface area contributed by atoms with Gasteiger partial charge in [0.05, 0.1) is 5.41 Å². The van der Waals surface area contributed by atoms with Crippen LogP contribution in [0.3, 0.4) is 0 Å². The molecule has 0 aliphatic rings. The molecule has 0 aromatic heterocycles. The number of aromatic hydroxyl groups is 1. The summed E-state index contributed by atoms with van der Waals surface area (Å²) in [7, 11) is 0. The van der Waals surface area contributed by atoms with Crippen molar-refractivity contribution in [3.05, 3.63) is 59.2 Å². The number of benzene rings is 2. The highest BCUT2D eigenvalue weighted by atomic mass is 16.5. The van der Waals surface area contributed by atoms with E-state index in [-0.39, 0.29) is 17.6 Å². The third kappa shape index (κ3) is 6.33. The van der Waals surface area contributed by atoms with Crippen LogP contribution in [0.15, 0.2) is 42.5 Å². The van der Waals surface area contributed by atoms with E-state index >= 15 is 0 Å². The third-order valence-electron chi connectivity index (χ3n) is 5.81. The van der Waals surface area contributed by atoms with Crippen molar-refractivity contribution < 1.29 is 14.6 Å². The summed E-state index contributed by atoms with van der Waals surface area (Å²) in [6, 6.07) is 14.5. The van der Waals surface area contributed by atoms with Gasteiger partial charge in [-0.05, 0) is 91.6 Å². The number of esters is 1. The van der Waals surface area contributed by atoms with Gasteiger partial charge >= 0.3 is 5.97 Å². The molecule has 0 fully saturated rings. The van der Waals surface area contributed by atoms with Crippen LogP contribution < -0.4 is 4.74 Å². The van der Waals surface area contributed by atoms with E-state index in [0.29, 0.717) is 17.8 Å². The molecular weight excluding hydrogens is 386 g/mol. The second-order valence-corrected chi connectivity index (χ2v) is 9.94. The molecule has 0 spiro atoms. The van der Waals surface area contributed by atoms with Crippen molar-refractivity contribution in [1.82, 2.24) is 4.90 Å². The average Bonchev–Trinajstić information content (AvgIpc) is 2.68. The van der Waals surface area contributed by atoms with Gasteiger partial charge < -0.3 is 9.84 Å². The van der Waals surface area contributed by atoms with Crippen molar-refractivity contribution in [2.45, 2.75) is 79.8 Å². The Balaban J connectivity index is 2.55. The Morgan fingerprint density at radius 3 is 2.10 bits per heavy atom. The SMILES string of the molecule is Cc1c(O)ccc(OC(=O)C(C)(C)C)c1C(CCN(C(C)C)C(C)C)c1ccccc1. The van der Waals surface area contributed by atoms with Gasteiger partial charge in [-0.1, -0.05) is 30.3 Å². The Hall–Kier alpha value is -2.33. The molecule has 31 heavy (non-hydrogen) atoms. The number of nitrogens with zero attached hydrogens (tertiary/aromatic N) is 1. The summed E-state index contributed by atoms with van der Waals surface area (Å²) in [6.45, 7) is 17.2. The second-order valence-electron chi connectivity index (χ2n) is 9.94. The quantitative estimate of drug-likeness (QED) is 0.399. The van der Waals surface area contributed by atoms with Crippen LogP contribution in [0.1, 0.15) is 77.5 Å². The number of ether oxygens (including phenoxy) is 1. The van der Waals surface area contributed by atoms with E-state index in [1.54, 1.807) is 12.1 Å². The summed E-state index contributed by atoms with van der Waals surface area (Å²) in [4.78, 5) is 15.2. The molecule has 2 aromatic rings. The smallest absolute Gasteiger partial charge is 0.316 e. The number of rotatable bonds is 8. The summed E-state index contributed by atoms with van der Waals surface area (Å²) < 4.78 is 5.89. The first-order chi connectivity index (χ1) is 14.4. The summed E-state index contributed by atoms with van der Waals surface area (Å²) in [5.74, 6) is 0.466. The normalized spacial score (nSPS) is 13.1. The molecule has 0 aliphatic carbocycles. The highest BCUT2D eigenvalue weighted by Crippen LogP contribution is 2.41. The molecule has 0 saturated heterocycles. The van der Waals surface area contributed by atoms with E-state index in [0.717, 1.165) is 29.7 Å². The van der Waals surface area contributed by atoms with E-state index in [2.05, 4.69) is 44.7 Å². The van der Waals surface area contributed by atoms with Crippen LogP contribution in [0.4, 0.5) is 0 Å². The van der Waals surface area contributed by atoms with Gasteiger partial charge in [0.1, 0.15) is 11.5 Å². The molecule has 2 aromatic carbocycles. The van der Waals surface area contributed by atoms with Crippen LogP contribution in [0.2, 0.25) is 0 Å². The largest absolute Gasteiger partial charge is 0.508 e. The van der Waals surface area contributed by atoms with Crippen LogP contribution in [0.25, 0.3) is 0 Å². The van der Waals surface area contributed by atoms with Crippen molar-refractivity contribution in [3.8, 4) is 11.5 Å². The molecule has 170 valence electrons. The zero-order valence-electron chi connectivity index (χ0n) is 20.4. The Labute approximate surface area is 188 Å². The molecular formula is C27H39NO3. The molecule has 0 aliphatic heterocycles. The average molecular weight is 426 g/mol. The number of phenols is 1. The fraction of sp³-hybridized carbons (Fsp3) is 0.519. The van der Waals surface area contributed by atoms with Crippen molar-refractivity contribution in [1.29, 1.82) is 0 Å². The highest BCUT2D eigenvalue weighted by molar-refractivity contribution is 5.78. The maximum absolute atomic E-state index is 12.7. The zero-order valence-corrected chi connectivity index (χ0v) is 20.4. The molecule has 1 N–H and O–H groups in total.